The molecule has 0 aliphatic carbocycles. The Balaban J connectivity index is -0.0000000150. The zero-order valence-electron chi connectivity index (χ0n) is 57.9. The lowest BCUT2D eigenvalue weighted by Gasteiger charge is -2.24. The molecule has 23 nitrogen and oxygen atoms in total. The minimum absolute atomic E-state index is 0. The second-order valence-corrected chi connectivity index (χ2v) is 12.6. The lowest BCUT2D eigenvalue weighted by Crippen LogP contribution is -2.33. The van der Waals surface area contributed by atoms with Crippen molar-refractivity contribution in [3.05, 3.63) is 35.9 Å². The van der Waals surface area contributed by atoms with E-state index in [4.69, 9.17) is 53.1 Å². The summed E-state index contributed by atoms with van der Waals surface area (Å²) < 4.78 is 0. The van der Waals surface area contributed by atoms with Gasteiger partial charge in [0.25, 0.3) is 0 Å². The molecule has 1 heterocycles. The van der Waals surface area contributed by atoms with Crippen LogP contribution >= 0.6 is 0 Å². The van der Waals surface area contributed by atoms with Gasteiger partial charge < -0.3 is 117 Å². The van der Waals surface area contributed by atoms with Gasteiger partial charge in [0.2, 0.25) is 5.91 Å². The molecule has 0 bridgehead atoms. The SMILES string of the molecule is C=O.C=O.C=O.C=O.C=O.C=O.C=O.C=O.C=O.C=O.CC.CC.CC(=O)N1CCCCC1.CC(C)C.CC(C)O.CCC(C)C.CCC(C)C.CCC(C)C.CCc1ccccc1.CN.CN.CN.CN.CN.CN.N.N.N.N. The van der Waals surface area contributed by atoms with Crippen LogP contribution < -0.4 is 59.0 Å². The third-order valence-electron chi connectivity index (χ3n) is 5.50. The lowest BCUT2D eigenvalue weighted by molar-refractivity contribution is -0.129. The predicted molar refractivity (Wildman–Crippen MR) is 360 cm³/mol. The van der Waals surface area contributed by atoms with E-state index < -0.39 is 0 Å². The summed E-state index contributed by atoms with van der Waals surface area (Å²) in [5.74, 6) is 3.72. The van der Waals surface area contributed by atoms with E-state index in [0.29, 0.717) is 0 Å². The van der Waals surface area contributed by atoms with Gasteiger partial charge in [-0.1, -0.05) is 167 Å². The van der Waals surface area contributed by atoms with Gasteiger partial charge in [-0.3, -0.25) is 4.79 Å². The highest BCUT2D eigenvalue weighted by atomic mass is 16.3. The number of likely N-dealkylation sites (tertiary alicyclic amines) is 1. The number of hydrogen-bond acceptors (Lipinski definition) is 22. The number of carbonyl (C=O) groups excluding carboxylic acids is 11. The van der Waals surface area contributed by atoms with Gasteiger partial charge in [0.15, 0.2) is 0 Å². The van der Waals surface area contributed by atoms with Crippen LogP contribution in [-0.4, -0.2) is 145 Å². The number of nitrogens with two attached hydrogens (primary N) is 6. The first-order chi connectivity index (χ1) is 36.5. The van der Waals surface area contributed by atoms with Crippen LogP contribution in [0.1, 0.15) is 183 Å². The van der Waals surface area contributed by atoms with Crippen molar-refractivity contribution in [1.82, 2.24) is 29.5 Å². The Morgan fingerprint density at radius 2 is 0.550 bits per heavy atom. The van der Waals surface area contributed by atoms with Gasteiger partial charge in [-0.05, 0) is 111 Å². The highest BCUT2D eigenvalue weighted by Gasteiger charge is 2.11. The number of rotatable bonds is 4. The average molecular weight is 1180 g/mol. The van der Waals surface area contributed by atoms with E-state index in [1.54, 1.807) is 20.8 Å². The first-order valence-electron chi connectivity index (χ1n) is 24.8. The third kappa shape index (κ3) is 717. The normalized spacial score (nSPS) is 6.95. The van der Waals surface area contributed by atoms with Crippen molar-refractivity contribution in [1.29, 1.82) is 0 Å². The van der Waals surface area contributed by atoms with Crippen LogP contribution in [0.25, 0.3) is 0 Å². The molecule has 1 aromatic carbocycles. The van der Waals surface area contributed by atoms with Crippen LogP contribution in [0.5, 0.6) is 0 Å². The Morgan fingerprint density at radius 3 is 0.625 bits per heavy atom. The fourth-order valence-electron chi connectivity index (χ4n) is 1.92. The molecule has 1 fully saturated rings. The summed E-state index contributed by atoms with van der Waals surface area (Å²) in [7, 11) is 9.00. The van der Waals surface area contributed by atoms with Crippen molar-refractivity contribution in [3.8, 4) is 0 Å². The summed E-state index contributed by atoms with van der Waals surface area (Å²) in [5, 5.41) is 8.06. The monoisotopic (exact) mass is 1180 g/mol. The number of hydrogen-bond donors (Lipinski definition) is 11. The first kappa shape index (κ1) is 178. The molecule has 1 aliphatic rings. The number of piperidine rings is 1. The molecule has 25 N–H and O–H groups in total. The molecule has 1 aromatic rings. The number of aryl methyl sites for hydroxylation is 1. The number of nitrogens with zero attached hydrogens (tertiary/aromatic N) is 1. The molecule has 1 aliphatic heterocycles. The van der Waals surface area contributed by atoms with Crippen LogP contribution in [0.4, 0.5) is 0 Å². The second kappa shape index (κ2) is 362. The lowest BCUT2D eigenvalue weighted by atomic mass is 10.1. The van der Waals surface area contributed by atoms with Gasteiger partial charge >= 0.3 is 0 Å². The summed E-state index contributed by atoms with van der Waals surface area (Å²) in [6.45, 7) is 63.6. The fraction of sp³-hybridized carbons (Fsp3) is 0.702. The van der Waals surface area contributed by atoms with Gasteiger partial charge in [0.1, 0.15) is 67.9 Å². The van der Waals surface area contributed by atoms with E-state index in [1.807, 2.05) is 107 Å². The van der Waals surface area contributed by atoms with E-state index in [1.165, 1.54) is 86.4 Å². The summed E-state index contributed by atoms with van der Waals surface area (Å²) in [6, 6.07) is 10.5. The molecule has 0 radical (unpaired) electrons. The highest BCUT2D eigenvalue weighted by molar-refractivity contribution is 5.73. The van der Waals surface area contributed by atoms with Gasteiger partial charge in [0, 0.05) is 26.1 Å². The van der Waals surface area contributed by atoms with Crippen molar-refractivity contribution >= 4 is 73.8 Å². The molecule has 506 valence electrons. The van der Waals surface area contributed by atoms with E-state index >= 15 is 0 Å². The van der Waals surface area contributed by atoms with Crippen LogP contribution in [0.15, 0.2) is 30.3 Å². The molecule has 0 saturated carbocycles. The Labute approximate surface area is 498 Å². The van der Waals surface area contributed by atoms with E-state index in [9.17, 15) is 4.79 Å². The van der Waals surface area contributed by atoms with Gasteiger partial charge in [-0.25, -0.2) is 0 Å². The Bertz CT molecular complexity index is 714. The maximum atomic E-state index is 10.7. The topological polar surface area (TPSA) is 507 Å². The molecule has 1 saturated heterocycles. The van der Waals surface area contributed by atoms with Gasteiger partial charge in [-0.2, -0.15) is 0 Å². The molecule has 0 aromatic heterocycles. The Hall–Kier alpha value is -5.05. The summed E-state index contributed by atoms with van der Waals surface area (Å²) >= 11 is 0. The van der Waals surface area contributed by atoms with Crippen molar-refractivity contribution in [2.45, 2.75) is 190 Å². The highest BCUT2D eigenvalue weighted by Crippen LogP contribution is 2.07. The number of carbonyl (C=O) groups is 11. The molecule has 80 heavy (non-hydrogen) atoms. The molecular weight excluding hydrogens is 1030 g/mol. The zero-order chi connectivity index (χ0) is 68.5. The largest absolute Gasteiger partial charge is 0.394 e. The molecule has 1 amide bonds. The van der Waals surface area contributed by atoms with Crippen molar-refractivity contribution in [2.75, 3.05) is 55.4 Å². The summed E-state index contributed by atoms with van der Waals surface area (Å²) in [6.07, 6.45) is 8.57. The molecular formula is C57H151N11O12. The van der Waals surface area contributed by atoms with Crippen LogP contribution in [-0.2, 0) is 59.2 Å². The van der Waals surface area contributed by atoms with E-state index in [-0.39, 0.29) is 36.6 Å². The number of amides is 1. The second-order valence-electron chi connectivity index (χ2n) is 12.6. The zero-order valence-corrected chi connectivity index (χ0v) is 57.9. The Kier molecular flexibility index (Phi) is 808. The third-order valence-corrected chi connectivity index (χ3v) is 5.50. The minimum atomic E-state index is -0.167. The smallest absolute Gasteiger partial charge is 0.219 e. The fourth-order valence-corrected chi connectivity index (χ4v) is 1.92. The van der Waals surface area contributed by atoms with Crippen LogP contribution in [0.3, 0.4) is 0 Å². The quantitative estimate of drug-likeness (QED) is 0.133. The van der Waals surface area contributed by atoms with Crippen molar-refractivity contribution < 1.29 is 57.8 Å². The number of benzene rings is 1. The van der Waals surface area contributed by atoms with E-state index in [2.05, 4.69) is 149 Å². The molecule has 23 heteroatoms. The average Bonchev–Trinajstić information content (AvgIpc) is 3.53. The maximum absolute atomic E-state index is 10.7. The van der Waals surface area contributed by atoms with Gasteiger partial charge in [0.05, 0.1) is 0 Å². The number of aliphatic hydroxyl groups is 1. The van der Waals surface area contributed by atoms with Crippen molar-refractivity contribution in [2.24, 2.45) is 58.1 Å². The summed E-state index contributed by atoms with van der Waals surface area (Å²) in [4.78, 5) is 92.6. The molecule has 2 rings (SSSR count). The number of aliphatic hydroxyl groups excluding tert-OH is 1. The molecule has 0 unspecified atom stereocenters. The maximum Gasteiger partial charge on any atom is 0.219 e. The standard InChI is InChI=1S/C8H10.C7H13NO.3C5H12.C4H10.C3H8O.2C2H6.6CH5N.10CH2O.4H3N/c1-2-8-6-4-3-5-7-8;1-7(9)8-5-3-2-4-6-8;3*1-4-5(2)3;1-4(2)3;1-3(2)4;18*1-2;;;;/h3-7H,2H2,1H3;2-6H2,1H3;3*5H,4H2,1-3H3;4H,1-3H3;3-4H,1-2H3;2*1-2H3;6*2H2,1H3;10*1H2;4*1H3. The summed E-state index contributed by atoms with van der Waals surface area (Å²) in [5.41, 5.74) is 28.4. The van der Waals surface area contributed by atoms with Crippen LogP contribution in [0.2, 0.25) is 0 Å². The molecule has 0 spiro atoms. The predicted octanol–water partition coefficient (Wildman–Crippen LogP) is 9.78. The minimum Gasteiger partial charge on any atom is -0.394 e. The van der Waals surface area contributed by atoms with Gasteiger partial charge in [-0.15, -0.1) is 0 Å². The first-order valence-corrected chi connectivity index (χ1v) is 24.8. The molecule has 0 atom stereocenters. The van der Waals surface area contributed by atoms with Crippen LogP contribution in [0, 0.1) is 23.7 Å². The Morgan fingerprint density at radius 1 is 0.412 bits per heavy atom. The van der Waals surface area contributed by atoms with Crippen molar-refractivity contribution in [3.63, 3.8) is 0 Å². The van der Waals surface area contributed by atoms with E-state index in [0.717, 1.165) is 43.2 Å².